The lowest BCUT2D eigenvalue weighted by Crippen LogP contribution is -2.44. The summed E-state index contributed by atoms with van der Waals surface area (Å²) in [7, 11) is 0. The van der Waals surface area contributed by atoms with E-state index in [1.54, 1.807) is 0 Å². The van der Waals surface area contributed by atoms with E-state index in [0.717, 1.165) is 6.42 Å². The van der Waals surface area contributed by atoms with Gasteiger partial charge in [0.2, 0.25) is 0 Å². The lowest BCUT2D eigenvalue weighted by molar-refractivity contribution is 0.155. The molecule has 3 heteroatoms. The fourth-order valence-corrected chi connectivity index (χ4v) is 1.05. The summed E-state index contributed by atoms with van der Waals surface area (Å²) < 4.78 is 0. The second-order valence-corrected chi connectivity index (χ2v) is 3.40. The Hall–Kier alpha value is -0.120. The summed E-state index contributed by atoms with van der Waals surface area (Å²) in [6.45, 7) is 6.36. The Morgan fingerprint density at radius 1 is 1.17 bits per heavy atom. The highest BCUT2D eigenvalue weighted by atomic mass is 16.3. The first-order chi connectivity index (χ1) is 5.65. The van der Waals surface area contributed by atoms with Gasteiger partial charge in [0.05, 0.1) is 19.3 Å². The number of aliphatic hydroxyl groups is 2. The van der Waals surface area contributed by atoms with Crippen molar-refractivity contribution in [3.8, 4) is 0 Å². The van der Waals surface area contributed by atoms with E-state index in [4.69, 9.17) is 10.2 Å². The number of hydrogen-bond donors (Lipinski definition) is 3. The van der Waals surface area contributed by atoms with Gasteiger partial charge >= 0.3 is 0 Å². The molecule has 3 N–H and O–H groups in total. The zero-order valence-electron chi connectivity index (χ0n) is 8.25. The zero-order valence-corrected chi connectivity index (χ0v) is 8.25. The highest BCUT2D eigenvalue weighted by Gasteiger charge is 2.14. The second kappa shape index (κ2) is 6.40. The fourth-order valence-electron chi connectivity index (χ4n) is 1.05. The third-order valence-corrected chi connectivity index (χ3v) is 2.44. The monoisotopic (exact) mass is 175 g/mol. The average Bonchev–Trinajstić information content (AvgIpc) is 2.12. The highest BCUT2D eigenvalue weighted by molar-refractivity contribution is 4.73. The van der Waals surface area contributed by atoms with Crippen molar-refractivity contribution in [2.24, 2.45) is 5.92 Å². The molecule has 2 unspecified atom stereocenters. The Morgan fingerprint density at radius 3 is 2.00 bits per heavy atom. The summed E-state index contributed by atoms with van der Waals surface area (Å²) in [4.78, 5) is 0. The quantitative estimate of drug-likeness (QED) is 0.546. The van der Waals surface area contributed by atoms with Gasteiger partial charge in [-0.15, -0.1) is 0 Å². The van der Waals surface area contributed by atoms with Crippen LogP contribution < -0.4 is 5.32 Å². The van der Waals surface area contributed by atoms with Crippen molar-refractivity contribution in [1.29, 1.82) is 0 Å². The van der Waals surface area contributed by atoms with Crippen LogP contribution in [0.1, 0.15) is 27.2 Å². The normalized spacial score (nSPS) is 16.5. The maximum atomic E-state index is 8.81. The molecule has 74 valence electrons. The van der Waals surface area contributed by atoms with E-state index in [1.165, 1.54) is 0 Å². The van der Waals surface area contributed by atoms with Crippen LogP contribution in [0.4, 0.5) is 0 Å². The van der Waals surface area contributed by atoms with E-state index in [2.05, 4.69) is 26.1 Å². The van der Waals surface area contributed by atoms with Gasteiger partial charge in [-0.3, -0.25) is 0 Å². The predicted molar refractivity (Wildman–Crippen MR) is 50.0 cm³/mol. The van der Waals surface area contributed by atoms with Crippen molar-refractivity contribution >= 4 is 0 Å². The summed E-state index contributed by atoms with van der Waals surface area (Å²) in [5, 5.41) is 20.8. The number of nitrogens with one attached hydrogen (secondary N) is 1. The SMILES string of the molecule is CCC(C)C(C)NC(CO)CO. The molecule has 0 saturated carbocycles. The summed E-state index contributed by atoms with van der Waals surface area (Å²) in [6.07, 6.45) is 1.11. The van der Waals surface area contributed by atoms with Gasteiger partial charge in [-0.25, -0.2) is 0 Å². The van der Waals surface area contributed by atoms with Gasteiger partial charge < -0.3 is 15.5 Å². The molecule has 0 bridgehead atoms. The van der Waals surface area contributed by atoms with Gasteiger partial charge in [0, 0.05) is 6.04 Å². The lowest BCUT2D eigenvalue weighted by atomic mass is 10.0. The summed E-state index contributed by atoms with van der Waals surface area (Å²) in [6, 6.07) is 0.174. The summed E-state index contributed by atoms with van der Waals surface area (Å²) >= 11 is 0. The molecule has 0 aliphatic carbocycles. The minimum absolute atomic E-state index is 0.00270. The van der Waals surface area contributed by atoms with Gasteiger partial charge in [0.15, 0.2) is 0 Å². The Kier molecular flexibility index (Phi) is 6.34. The molecule has 12 heavy (non-hydrogen) atoms. The second-order valence-electron chi connectivity index (χ2n) is 3.40. The van der Waals surface area contributed by atoms with Gasteiger partial charge in [-0.05, 0) is 12.8 Å². The van der Waals surface area contributed by atoms with Crippen LogP contribution in [0.15, 0.2) is 0 Å². The Balaban J connectivity index is 3.72. The molecule has 0 aliphatic heterocycles. The standard InChI is InChI=1S/C9H21NO2/c1-4-7(2)8(3)10-9(5-11)6-12/h7-12H,4-6H2,1-3H3. The fraction of sp³-hybridized carbons (Fsp3) is 1.00. The lowest BCUT2D eigenvalue weighted by Gasteiger charge is -2.24. The van der Waals surface area contributed by atoms with E-state index >= 15 is 0 Å². The van der Waals surface area contributed by atoms with E-state index in [-0.39, 0.29) is 19.3 Å². The molecule has 2 atom stereocenters. The van der Waals surface area contributed by atoms with Crippen LogP contribution in [0.25, 0.3) is 0 Å². The van der Waals surface area contributed by atoms with E-state index in [1.807, 2.05) is 0 Å². The van der Waals surface area contributed by atoms with Crippen molar-refractivity contribution in [2.75, 3.05) is 13.2 Å². The van der Waals surface area contributed by atoms with Gasteiger partial charge in [0.1, 0.15) is 0 Å². The molecule has 0 rings (SSSR count). The van der Waals surface area contributed by atoms with Crippen molar-refractivity contribution in [3.05, 3.63) is 0 Å². The first-order valence-electron chi connectivity index (χ1n) is 4.63. The molecule has 0 aromatic carbocycles. The van der Waals surface area contributed by atoms with E-state index < -0.39 is 0 Å². The van der Waals surface area contributed by atoms with Gasteiger partial charge in [-0.2, -0.15) is 0 Å². The molecule has 0 aromatic heterocycles. The van der Waals surface area contributed by atoms with Crippen LogP contribution in [-0.4, -0.2) is 35.5 Å². The molecule has 0 aliphatic rings. The van der Waals surface area contributed by atoms with Crippen LogP contribution in [-0.2, 0) is 0 Å². The van der Waals surface area contributed by atoms with Crippen molar-refractivity contribution in [2.45, 2.75) is 39.3 Å². The van der Waals surface area contributed by atoms with Crippen molar-refractivity contribution in [3.63, 3.8) is 0 Å². The van der Waals surface area contributed by atoms with Crippen molar-refractivity contribution in [1.82, 2.24) is 5.32 Å². The maximum absolute atomic E-state index is 8.81. The Labute approximate surface area is 74.8 Å². The topological polar surface area (TPSA) is 52.5 Å². The molecular formula is C9H21NO2. The largest absolute Gasteiger partial charge is 0.395 e. The van der Waals surface area contributed by atoms with Crippen LogP contribution in [0.2, 0.25) is 0 Å². The van der Waals surface area contributed by atoms with E-state index in [0.29, 0.717) is 12.0 Å². The molecule has 0 saturated heterocycles. The van der Waals surface area contributed by atoms with Gasteiger partial charge in [-0.1, -0.05) is 20.3 Å². The number of hydrogen-bond acceptors (Lipinski definition) is 3. The third kappa shape index (κ3) is 4.04. The summed E-state index contributed by atoms with van der Waals surface area (Å²) in [5.41, 5.74) is 0. The molecular weight excluding hydrogens is 154 g/mol. The smallest absolute Gasteiger partial charge is 0.0607 e. The maximum Gasteiger partial charge on any atom is 0.0607 e. The Bertz CT molecular complexity index is 105. The van der Waals surface area contributed by atoms with Crippen LogP contribution in [0.3, 0.4) is 0 Å². The molecule has 0 heterocycles. The molecule has 0 spiro atoms. The molecule has 0 fully saturated rings. The zero-order chi connectivity index (χ0) is 9.56. The third-order valence-electron chi connectivity index (χ3n) is 2.44. The van der Waals surface area contributed by atoms with E-state index in [9.17, 15) is 0 Å². The van der Waals surface area contributed by atoms with Crippen molar-refractivity contribution < 1.29 is 10.2 Å². The first kappa shape index (κ1) is 11.9. The molecule has 3 nitrogen and oxygen atoms in total. The first-order valence-corrected chi connectivity index (χ1v) is 4.63. The predicted octanol–water partition coefficient (Wildman–Crippen LogP) is 0.364. The minimum Gasteiger partial charge on any atom is -0.395 e. The molecule has 0 radical (unpaired) electrons. The minimum atomic E-state index is -0.172. The van der Waals surface area contributed by atoms with Gasteiger partial charge in [0.25, 0.3) is 0 Å². The van der Waals surface area contributed by atoms with Crippen LogP contribution >= 0.6 is 0 Å². The number of aliphatic hydroxyl groups excluding tert-OH is 2. The molecule has 0 amide bonds. The summed E-state index contributed by atoms with van der Waals surface area (Å²) in [5.74, 6) is 0.575. The highest BCUT2D eigenvalue weighted by Crippen LogP contribution is 2.06. The van der Waals surface area contributed by atoms with Crippen LogP contribution in [0, 0.1) is 5.92 Å². The Morgan fingerprint density at radius 2 is 1.67 bits per heavy atom. The average molecular weight is 175 g/mol. The molecule has 0 aromatic rings. The number of rotatable bonds is 6. The van der Waals surface area contributed by atoms with Crippen LogP contribution in [0.5, 0.6) is 0 Å².